The summed E-state index contributed by atoms with van der Waals surface area (Å²) in [6.45, 7) is 4.37. The van der Waals surface area contributed by atoms with Crippen LogP contribution < -0.4 is 0 Å². The first-order chi connectivity index (χ1) is 7.72. The fraction of sp³-hybridized carbons (Fsp3) is 0.200. The third kappa shape index (κ3) is 2.19. The van der Waals surface area contributed by atoms with E-state index >= 15 is 0 Å². The molecule has 82 valence electrons. The van der Waals surface area contributed by atoms with Crippen molar-refractivity contribution >= 4 is 15.9 Å². The largest absolute Gasteiger partial charge is 0.0622 e. The SMILES string of the molecule is CCc1cc(Br)cc(C)c1-c1ccccc1. The Balaban J connectivity index is 2.64. The first-order valence-electron chi connectivity index (χ1n) is 5.57. The van der Waals surface area contributed by atoms with Gasteiger partial charge in [0.2, 0.25) is 0 Å². The highest BCUT2D eigenvalue weighted by Gasteiger charge is 2.07. The Bertz CT molecular complexity index is 486. The Morgan fingerprint density at radius 2 is 1.75 bits per heavy atom. The molecule has 0 amide bonds. The van der Waals surface area contributed by atoms with Crippen molar-refractivity contribution in [2.45, 2.75) is 20.3 Å². The van der Waals surface area contributed by atoms with Crippen molar-refractivity contribution in [2.24, 2.45) is 0 Å². The number of rotatable bonds is 2. The van der Waals surface area contributed by atoms with E-state index in [1.165, 1.54) is 26.7 Å². The molecular formula is C15H15Br. The second-order valence-corrected chi connectivity index (χ2v) is 4.89. The molecule has 0 atom stereocenters. The lowest BCUT2D eigenvalue weighted by Gasteiger charge is -2.12. The number of benzene rings is 2. The van der Waals surface area contributed by atoms with E-state index in [0.29, 0.717) is 0 Å². The van der Waals surface area contributed by atoms with Crippen molar-refractivity contribution < 1.29 is 0 Å². The standard InChI is InChI=1S/C15H15Br/c1-3-12-10-14(16)9-11(2)15(12)13-7-5-4-6-8-13/h4-10H,3H2,1-2H3. The van der Waals surface area contributed by atoms with Crippen LogP contribution >= 0.6 is 15.9 Å². The monoisotopic (exact) mass is 274 g/mol. The molecule has 0 aliphatic rings. The van der Waals surface area contributed by atoms with Gasteiger partial charge in [-0.3, -0.25) is 0 Å². The van der Waals surface area contributed by atoms with E-state index in [2.05, 4.69) is 72.2 Å². The molecule has 0 radical (unpaired) electrons. The van der Waals surface area contributed by atoms with Crippen LogP contribution in [-0.2, 0) is 6.42 Å². The van der Waals surface area contributed by atoms with Crippen molar-refractivity contribution in [3.8, 4) is 11.1 Å². The minimum Gasteiger partial charge on any atom is -0.0622 e. The zero-order valence-electron chi connectivity index (χ0n) is 9.63. The van der Waals surface area contributed by atoms with Gasteiger partial charge in [0, 0.05) is 4.47 Å². The molecule has 0 aliphatic carbocycles. The van der Waals surface area contributed by atoms with Gasteiger partial charge in [0.05, 0.1) is 0 Å². The molecule has 0 heterocycles. The lowest BCUT2D eigenvalue weighted by Crippen LogP contribution is -1.91. The van der Waals surface area contributed by atoms with Gasteiger partial charge >= 0.3 is 0 Å². The lowest BCUT2D eigenvalue weighted by molar-refractivity contribution is 1.13. The average Bonchev–Trinajstić information content (AvgIpc) is 2.29. The third-order valence-electron chi connectivity index (χ3n) is 2.83. The van der Waals surface area contributed by atoms with Crippen LogP contribution in [0, 0.1) is 6.92 Å². The summed E-state index contributed by atoms with van der Waals surface area (Å²) in [6, 6.07) is 15.0. The van der Waals surface area contributed by atoms with Crippen LogP contribution in [0.4, 0.5) is 0 Å². The van der Waals surface area contributed by atoms with Crippen molar-refractivity contribution in [3.05, 3.63) is 58.1 Å². The second kappa shape index (κ2) is 4.84. The molecule has 0 saturated heterocycles. The van der Waals surface area contributed by atoms with Crippen LogP contribution in [-0.4, -0.2) is 0 Å². The molecule has 0 spiro atoms. The number of hydrogen-bond acceptors (Lipinski definition) is 0. The van der Waals surface area contributed by atoms with Gasteiger partial charge in [0.15, 0.2) is 0 Å². The van der Waals surface area contributed by atoms with Crippen molar-refractivity contribution in [1.29, 1.82) is 0 Å². The summed E-state index contributed by atoms with van der Waals surface area (Å²) in [5.41, 5.74) is 5.42. The van der Waals surface area contributed by atoms with Gasteiger partial charge in [-0.15, -0.1) is 0 Å². The van der Waals surface area contributed by atoms with Gasteiger partial charge in [-0.05, 0) is 47.7 Å². The van der Waals surface area contributed by atoms with Crippen molar-refractivity contribution in [2.75, 3.05) is 0 Å². The van der Waals surface area contributed by atoms with E-state index in [9.17, 15) is 0 Å². The van der Waals surface area contributed by atoms with Gasteiger partial charge in [-0.2, -0.15) is 0 Å². The van der Waals surface area contributed by atoms with Crippen LogP contribution in [0.1, 0.15) is 18.1 Å². The van der Waals surface area contributed by atoms with E-state index < -0.39 is 0 Å². The van der Waals surface area contributed by atoms with E-state index in [0.717, 1.165) is 6.42 Å². The summed E-state index contributed by atoms with van der Waals surface area (Å²) in [5, 5.41) is 0. The summed E-state index contributed by atoms with van der Waals surface area (Å²) >= 11 is 3.56. The molecule has 0 unspecified atom stereocenters. The molecule has 16 heavy (non-hydrogen) atoms. The van der Waals surface area contributed by atoms with Crippen LogP contribution in [0.15, 0.2) is 46.9 Å². The highest BCUT2D eigenvalue weighted by atomic mass is 79.9. The maximum atomic E-state index is 3.56. The molecule has 0 aliphatic heterocycles. The molecule has 0 nitrogen and oxygen atoms in total. The van der Waals surface area contributed by atoms with Gasteiger partial charge in [0.25, 0.3) is 0 Å². The second-order valence-electron chi connectivity index (χ2n) is 3.98. The van der Waals surface area contributed by atoms with Crippen molar-refractivity contribution in [1.82, 2.24) is 0 Å². The normalized spacial score (nSPS) is 10.4. The zero-order valence-corrected chi connectivity index (χ0v) is 11.2. The van der Waals surface area contributed by atoms with Crippen LogP contribution in [0.3, 0.4) is 0 Å². The average molecular weight is 275 g/mol. The molecule has 2 rings (SSSR count). The maximum absolute atomic E-state index is 3.56. The molecule has 0 aromatic heterocycles. The minimum atomic E-state index is 1.06. The highest BCUT2D eigenvalue weighted by Crippen LogP contribution is 2.30. The Morgan fingerprint density at radius 1 is 1.06 bits per heavy atom. The molecular weight excluding hydrogens is 260 g/mol. The molecule has 0 bridgehead atoms. The Labute approximate surface area is 105 Å². The summed E-state index contributed by atoms with van der Waals surface area (Å²) in [5.74, 6) is 0. The summed E-state index contributed by atoms with van der Waals surface area (Å²) < 4.78 is 1.17. The number of hydrogen-bond donors (Lipinski definition) is 0. The predicted octanol–water partition coefficient (Wildman–Crippen LogP) is 4.99. The summed E-state index contributed by atoms with van der Waals surface area (Å²) in [4.78, 5) is 0. The fourth-order valence-electron chi connectivity index (χ4n) is 2.11. The Kier molecular flexibility index (Phi) is 3.45. The number of aryl methyl sites for hydroxylation is 2. The fourth-order valence-corrected chi connectivity index (χ4v) is 2.73. The quantitative estimate of drug-likeness (QED) is 0.724. The third-order valence-corrected chi connectivity index (χ3v) is 3.28. The topological polar surface area (TPSA) is 0 Å². The van der Waals surface area contributed by atoms with Crippen LogP contribution in [0.25, 0.3) is 11.1 Å². The lowest BCUT2D eigenvalue weighted by atomic mass is 9.94. The molecule has 2 aromatic carbocycles. The molecule has 0 fully saturated rings. The Hall–Kier alpha value is -1.08. The smallest absolute Gasteiger partial charge is 0.0181 e. The highest BCUT2D eigenvalue weighted by molar-refractivity contribution is 9.10. The zero-order chi connectivity index (χ0) is 11.5. The van der Waals surface area contributed by atoms with Gasteiger partial charge < -0.3 is 0 Å². The number of halogens is 1. The van der Waals surface area contributed by atoms with E-state index in [1.807, 2.05) is 0 Å². The van der Waals surface area contributed by atoms with Crippen molar-refractivity contribution in [3.63, 3.8) is 0 Å². The molecule has 0 N–H and O–H groups in total. The minimum absolute atomic E-state index is 1.06. The molecule has 1 heteroatoms. The van der Waals surface area contributed by atoms with Crippen LogP contribution in [0.5, 0.6) is 0 Å². The predicted molar refractivity (Wildman–Crippen MR) is 73.7 cm³/mol. The molecule has 0 saturated carbocycles. The van der Waals surface area contributed by atoms with Gasteiger partial charge in [0.1, 0.15) is 0 Å². The van der Waals surface area contributed by atoms with Gasteiger partial charge in [-0.25, -0.2) is 0 Å². The van der Waals surface area contributed by atoms with Gasteiger partial charge in [-0.1, -0.05) is 53.2 Å². The summed E-state index contributed by atoms with van der Waals surface area (Å²) in [7, 11) is 0. The van der Waals surface area contributed by atoms with E-state index in [-0.39, 0.29) is 0 Å². The van der Waals surface area contributed by atoms with E-state index in [4.69, 9.17) is 0 Å². The molecule has 2 aromatic rings. The van der Waals surface area contributed by atoms with E-state index in [1.54, 1.807) is 0 Å². The first kappa shape index (κ1) is 11.4. The Morgan fingerprint density at radius 3 is 2.38 bits per heavy atom. The first-order valence-corrected chi connectivity index (χ1v) is 6.36. The summed E-state index contributed by atoms with van der Waals surface area (Å²) in [6.07, 6.45) is 1.06. The maximum Gasteiger partial charge on any atom is 0.0181 e. The van der Waals surface area contributed by atoms with Crippen LogP contribution in [0.2, 0.25) is 0 Å².